The van der Waals surface area contributed by atoms with Crippen LogP contribution in [0.2, 0.25) is 0 Å². The minimum atomic E-state index is -4.03. The maximum absolute atomic E-state index is 13.7. The second-order valence-electron chi connectivity index (χ2n) is 10.3. The van der Waals surface area contributed by atoms with Crippen molar-refractivity contribution in [1.82, 2.24) is 4.31 Å². The normalized spacial score (nSPS) is 16.3. The Hall–Kier alpha value is -4.73. The summed E-state index contributed by atoms with van der Waals surface area (Å²) in [6, 6.07) is 32.7. The summed E-state index contributed by atoms with van der Waals surface area (Å²) in [6.07, 6.45) is -0.235. The van der Waals surface area contributed by atoms with E-state index in [2.05, 4.69) is 0 Å². The molecule has 0 saturated carbocycles. The molecule has 43 heavy (non-hydrogen) atoms. The third-order valence-corrected chi connectivity index (χ3v) is 9.40. The van der Waals surface area contributed by atoms with Crippen LogP contribution in [0.5, 0.6) is 0 Å². The zero-order valence-corrected chi connectivity index (χ0v) is 23.9. The summed E-state index contributed by atoms with van der Waals surface area (Å²) in [7, 11) is -4.03. The summed E-state index contributed by atoms with van der Waals surface area (Å²) in [5.41, 5.74) is 1.46. The van der Waals surface area contributed by atoms with Crippen LogP contribution in [0.1, 0.15) is 41.9 Å². The van der Waals surface area contributed by atoms with E-state index in [1.54, 1.807) is 18.2 Å². The molecule has 0 spiro atoms. The van der Waals surface area contributed by atoms with E-state index in [9.17, 15) is 18.0 Å². The zero-order valence-electron chi connectivity index (χ0n) is 23.1. The highest BCUT2D eigenvalue weighted by Gasteiger charge is 2.43. The van der Waals surface area contributed by atoms with Crippen molar-refractivity contribution in [2.75, 3.05) is 6.54 Å². The van der Waals surface area contributed by atoms with Crippen LogP contribution in [0.25, 0.3) is 10.8 Å². The van der Waals surface area contributed by atoms with Crippen molar-refractivity contribution in [3.05, 3.63) is 138 Å². The molecule has 1 aliphatic heterocycles. The molecular formula is C34H29NO7S. The molecule has 0 bridgehead atoms. The number of rotatable bonds is 9. The van der Waals surface area contributed by atoms with Gasteiger partial charge in [-0.05, 0) is 59.0 Å². The van der Waals surface area contributed by atoms with Crippen molar-refractivity contribution < 1.29 is 31.9 Å². The number of fused-ring (bicyclic) bond motifs is 1. The van der Waals surface area contributed by atoms with Crippen molar-refractivity contribution >= 4 is 32.7 Å². The van der Waals surface area contributed by atoms with Crippen LogP contribution < -0.4 is 0 Å². The molecule has 2 atom stereocenters. The Morgan fingerprint density at radius 3 is 2.07 bits per heavy atom. The molecule has 0 radical (unpaired) electrons. The predicted molar refractivity (Wildman–Crippen MR) is 159 cm³/mol. The van der Waals surface area contributed by atoms with Gasteiger partial charge in [-0.3, -0.25) is 4.79 Å². The highest BCUT2D eigenvalue weighted by atomic mass is 32.2. The van der Waals surface area contributed by atoms with Gasteiger partial charge in [0.25, 0.3) is 6.10 Å². The quantitative estimate of drug-likeness (QED) is 0.187. The lowest BCUT2D eigenvalue weighted by atomic mass is 10.0. The number of carbonyl (C=O) groups excluding carboxylic acids is 2. The van der Waals surface area contributed by atoms with Crippen LogP contribution in [0.4, 0.5) is 0 Å². The average molecular weight is 596 g/mol. The van der Waals surface area contributed by atoms with E-state index in [-0.39, 0.29) is 23.6 Å². The van der Waals surface area contributed by atoms with Crippen LogP contribution in [-0.2, 0) is 29.1 Å². The summed E-state index contributed by atoms with van der Waals surface area (Å²) in [6.45, 7) is 0.148. The van der Waals surface area contributed by atoms with Gasteiger partial charge in [-0.25, -0.2) is 13.2 Å². The Morgan fingerprint density at radius 2 is 1.42 bits per heavy atom. The third-order valence-electron chi connectivity index (χ3n) is 7.49. The topological polar surface area (TPSA) is 103 Å². The highest BCUT2D eigenvalue weighted by molar-refractivity contribution is 7.89. The second-order valence-corrected chi connectivity index (χ2v) is 12.1. The first kappa shape index (κ1) is 28.4. The number of furan rings is 1. The monoisotopic (exact) mass is 595 g/mol. The molecule has 4 aromatic carbocycles. The molecule has 1 aliphatic rings. The fraction of sp³-hybridized carbons (Fsp3) is 0.176. The van der Waals surface area contributed by atoms with E-state index in [1.807, 2.05) is 84.9 Å². The van der Waals surface area contributed by atoms with Gasteiger partial charge in [0.2, 0.25) is 10.0 Å². The first-order valence-electron chi connectivity index (χ1n) is 14.0. The number of hydrogen-bond acceptors (Lipinski definition) is 7. The Labute approximate surface area is 249 Å². The minimum absolute atomic E-state index is 0.0696. The molecule has 9 heteroatoms. The summed E-state index contributed by atoms with van der Waals surface area (Å²) in [5.74, 6) is -1.63. The van der Waals surface area contributed by atoms with Crippen molar-refractivity contribution in [2.45, 2.75) is 36.0 Å². The van der Waals surface area contributed by atoms with Crippen molar-refractivity contribution in [3.8, 4) is 0 Å². The lowest BCUT2D eigenvalue weighted by Crippen LogP contribution is -2.42. The van der Waals surface area contributed by atoms with Gasteiger partial charge in [-0.1, -0.05) is 91.0 Å². The maximum atomic E-state index is 13.7. The Kier molecular flexibility index (Phi) is 8.09. The molecule has 1 unspecified atom stereocenters. The fourth-order valence-corrected chi connectivity index (χ4v) is 7.03. The number of sulfonamides is 1. The maximum Gasteiger partial charge on any atom is 0.356 e. The van der Waals surface area contributed by atoms with Gasteiger partial charge >= 0.3 is 11.9 Å². The molecule has 0 amide bonds. The average Bonchev–Trinajstić information content (AvgIpc) is 3.77. The molecule has 1 aromatic heterocycles. The third kappa shape index (κ3) is 5.95. The summed E-state index contributed by atoms with van der Waals surface area (Å²) in [5, 5.41) is 1.68. The molecule has 1 saturated heterocycles. The van der Waals surface area contributed by atoms with Crippen LogP contribution in [0.3, 0.4) is 0 Å². The zero-order chi connectivity index (χ0) is 29.8. The number of nitrogens with zero attached hydrogens (tertiary/aromatic N) is 1. The number of benzene rings is 4. The van der Waals surface area contributed by atoms with E-state index in [0.717, 1.165) is 26.2 Å². The Morgan fingerprint density at radius 1 is 0.767 bits per heavy atom. The standard InChI is InChI=1S/C34H29NO7S/c36-33(29-17-9-21-35(29)43(38,39)28-20-19-24-11-7-8-16-27(24)23-28)42-32(30-18-10-22-40-30)34(37)41-31(25-12-3-1-4-13-25)26-14-5-2-6-15-26/h1-8,10-16,18-20,22-23,29,31-32H,9,17,21H2/t29-,32?/m0/s1. The van der Waals surface area contributed by atoms with Gasteiger partial charge < -0.3 is 13.9 Å². The van der Waals surface area contributed by atoms with E-state index in [1.165, 1.54) is 18.4 Å². The molecule has 8 nitrogen and oxygen atoms in total. The minimum Gasteiger partial charge on any atom is -0.465 e. The van der Waals surface area contributed by atoms with E-state index < -0.39 is 40.2 Å². The summed E-state index contributed by atoms with van der Waals surface area (Å²) >= 11 is 0. The fourth-order valence-electron chi connectivity index (χ4n) is 5.35. The lowest BCUT2D eigenvalue weighted by molar-refractivity contribution is -0.174. The molecule has 6 rings (SSSR count). The molecule has 1 fully saturated rings. The smallest absolute Gasteiger partial charge is 0.356 e. The first-order valence-corrected chi connectivity index (χ1v) is 15.4. The second kappa shape index (κ2) is 12.2. The van der Waals surface area contributed by atoms with Crippen LogP contribution >= 0.6 is 0 Å². The van der Waals surface area contributed by atoms with Gasteiger partial charge in [0.15, 0.2) is 11.9 Å². The van der Waals surface area contributed by atoms with Crippen molar-refractivity contribution in [1.29, 1.82) is 0 Å². The Bertz CT molecular complexity index is 1780. The van der Waals surface area contributed by atoms with E-state index in [0.29, 0.717) is 6.42 Å². The van der Waals surface area contributed by atoms with Gasteiger partial charge in [-0.15, -0.1) is 0 Å². The Balaban J connectivity index is 1.26. The number of ether oxygens (including phenoxy) is 2. The van der Waals surface area contributed by atoms with Crippen LogP contribution in [0.15, 0.2) is 131 Å². The van der Waals surface area contributed by atoms with Crippen LogP contribution in [-0.4, -0.2) is 37.2 Å². The SMILES string of the molecule is O=C(OC(c1ccccc1)c1ccccc1)C(OC(=O)[C@@H]1CCCN1S(=O)(=O)c1ccc2ccccc2c1)c1ccco1. The van der Waals surface area contributed by atoms with Gasteiger partial charge in [0.05, 0.1) is 11.2 Å². The van der Waals surface area contributed by atoms with Crippen molar-refractivity contribution in [3.63, 3.8) is 0 Å². The van der Waals surface area contributed by atoms with Gasteiger partial charge in [0, 0.05) is 6.54 Å². The molecular weight excluding hydrogens is 566 g/mol. The van der Waals surface area contributed by atoms with Crippen LogP contribution in [0, 0.1) is 0 Å². The van der Waals surface area contributed by atoms with Gasteiger partial charge in [-0.2, -0.15) is 4.31 Å². The molecule has 2 heterocycles. The molecule has 5 aromatic rings. The first-order chi connectivity index (χ1) is 20.9. The van der Waals surface area contributed by atoms with Gasteiger partial charge in [0.1, 0.15) is 6.04 Å². The number of carbonyl (C=O) groups is 2. The molecule has 0 N–H and O–H groups in total. The number of esters is 2. The summed E-state index contributed by atoms with van der Waals surface area (Å²) < 4.78 is 45.7. The van der Waals surface area contributed by atoms with Crippen molar-refractivity contribution in [2.24, 2.45) is 0 Å². The largest absolute Gasteiger partial charge is 0.465 e. The molecule has 0 aliphatic carbocycles. The highest BCUT2D eigenvalue weighted by Crippen LogP contribution is 2.33. The predicted octanol–water partition coefficient (Wildman–Crippen LogP) is 6.20. The lowest BCUT2D eigenvalue weighted by Gasteiger charge is -2.25. The van der Waals surface area contributed by atoms with E-state index in [4.69, 9.17) is 13.9 Å². The number of hydrogen-bond donors (Lipinski definition) is 0. The summed E-state index contributed by atoms with van der Waals surface area (Å²) in [4.78, 5) is 27.4. The van der Waals surface area contributed by atoms with E-state index >= 15 is 0 Å². The molecule has 218 valence electrons.